The summed E-state index contributed by atoms with van der Waals surface area (Å²) in [6, 6.07) is 12.3. The Morgan fingerprint density at radius 1 is 1.09 bits per heavy atom. The number of aliphatic hydroxyl groups excluding tert-OH is 1. The summed E-state index contributed by atoms with van der Waals surface area (Å²) < 4.78 is 34.5. The smallest absolute Gasteiger partial charge is 0.407 e. The summed E-state index contributed by atoms with van der Waals surface area (Å²) in [6.07, 6.45) is 0.749. The molecule has 1 aliphatic rings. The predicted octanol–water partition coefficient (Wildman–Crippen LogP) is 5.61. The molecule has 3 rings (SSSR count). The first-order valence-electron chi connectivity index (χ1n) is 15.8. The van der Waals surface area contributed by atoms with Crippen LogP contribution in [0.15, 0.2) is 48.5 Å². The van der Waals surface area contributed by atoms with Gasteiger partial charge in [-0.1, -0.05) is 64.2 Å². The van der Waals surface area contributed by atoms with Crippen LogP contribution in [0.3, 0.4) is 0 Å². The number of carboxylic acid groups (broad SMARTS) is 1. The lowest BCUT2D eigenvalue weighted by Crippen LogP contribution is -2.55. The van der Waals surface area contributed by atoms with Crippen LogP contribution in [-0.2, 0) is 20.7 Å². The molecule has 45 heavy (non-hydrogen) atoms. The molecule has 0 aromatic heterocycles. The van der Waals surface area contributed by atoms with Gasteiger partial charge < -0.3 is 25.2 Å². The molecule has 1 fully saturated rings. The van der Waals surface area contributed by atoms with Crippen molar-refractivity contribution in [3.8, 4) is 0 Å². The molecule has 248 valence electrons. The number of benzene rings is 2. The highest BCUT2D eigenvalue weighted by atomic mass is 28.3. The maximum atomic E-state index is 15.0. The molecule has 3 unspecified atom stereocenters. The predicted molar refractivity (Wildman–Crippen MR) is 172 cm³/mol. The molecule has 1 saturated carbocycles. The fourth-order valence-corrected chi connectivity index (χ4v) is 7.31. The Kier molecular flexibility index (Phi) is 13.1. The van der Waals surface area contributed by atoms with Crippen molar-refractivity contribution in [2.45, 2.75) is 83.6 Å². The van der Waals surface area contributed by atoms with Crippen molar-refractivity contribution >= 4 is 26.8 Å². The van der Waals surface area contributed by atoms with E-state index < -0.39 is 62.5 Å². The normalized spacial score (nSPS) is 19.6. The Balaban J connectivity index is 1.93. The van der Waals surface area contributed by atoms with Crippen LogP contribution in [0.4, 0.5) is 13.6 Å². The number of halogens is 2. The molecule has 8 nitrogen and oxygen atoms in total. The zero-order chi connectivity index (χ0) is 33.3. The van der Waals surface area contributed by atoms with Gasteiger partial charge in [-0.25, -0.2) is 18.4 Å². The van der Waals surface area contributed by atoms with Crippen molar-refractivity contribution in [3.63, 3.8) is 0 Å². The number of nitrogens with zero attached hydrogens (tertiary/aromatic N) is 1. The van der Waals surface area contributed by atoms with Crippen molar-refractivity contribution in [1.29, 1.82) is 0 Å². The number of nitrogens with one attached hydrogen (secondary N) is 1. The van der Waals surface area contributed by atoms with Gasteiger partial charge in [0.2, 0.25) is 5.91 Å². The molecule has 1 aliphatic carbocycles. The van der Waals surface area contributed by atoms with Crippen LogP contribution in [0.5, 0.6) is 0 Å². The van der Waals surface area contributed by atoms with Gasteiger partial charge in [-0.05, 0) is 84.2 Å². The van der Waals surface area contributed by atoms with Crippen molar-refractivity contribution in [3.05, 3.63) is 71.3 Å². The second kappa shape index (κ2) is 16.3. The van der Waals surface area contributed by atoms with Gasteiger partial charge in [-0.2, -0.15) is 0 Å². The molecule has 0 saturated heterocycles. The van der Waals surface area contributed by atoms with Crippen molar-refractivity contribution in [2.24, 2.45) is 17.3 Å². The van der Waals surface area contributed by atoms with E-state index in [0.29, 0.717) is 24.8 Å². The van der Waals surface area contributed by atoms with Gasteiger partial charge in [-0.15, -0.1) is 0 Å². The maximum Gasteiger partial charge on any atom is 0.407 e. The van der Waals surface area contributed by atoms with E-state index in [9.17, 15) is 29.0 Å². The van der Waals surface area contributed by atoms with E-state index in [4.69, 9.17) is 4.74 Å². The van der Waals surface area contributed by atoms with Crippen LogP contribution in [0.25, 0.3) is 0 Å². The van der Waals surface area contributed by atoms with E-state index in [1.54, 1.807) is 0 Å². The monoisotopic (exact) mass is 646 g/mol. The second-order valence-corrected chi connectivity index (χ2v) is 17.0. The lowest BCUT2D eigenvalue weighted by Gasteiger charge is -2.46. The third kappa shape index (κ3) is 10.4. The van der Waals surface area contributed by atoms with Gasteiger partial charge in [0.25, 0.3) is 0 Å². The minimum absolute atomic E-state index is 0.0221. The maximum absolute atomic E-state index is 15.0. The van der Waals surface area contributed by atoms with Crippen LogP contribution >= 0.6 is 0 Å². The van der Waals surface area contributed by atoms with Crippen LogP contribution in [0, 0.1) is 28.9 Å². The Bertz CT molecular complexity index is 1290. The van der Waals surface area contributed by atoms with Crippen molar-refractivity contribution < 1.29 is 38.1 Å². The second-order valence-electron chi connectivity index (χ2n) is 13.6. The van der Waals surface area contributed by atoms with E-state index in [1.807, 2.05) is 51.1 Å². The number of ether oxygens (including phenoxy) is 1. The Labute approximate surface area is 266 Å². The van der Waals surface area contributed by atoms with E-state index in [0.717, 1.165) is 23.7 Å². The number of carbonyl (C=O) groups excluding carboxylic acids is 2. The molecule has 0 spiro atoms. The molecule has 3 N–H and O–H groups in total. The summed E-state index contributed by atoms with van der Waals surface area (Å²) in [7, 11) is -0.953. The van der Waals surface area contributed by atoms with Gasteiger partial charge in [0.05, 0.1) is 6.61 Å². The quantitative estimate of drug-likeness (QED) is 0.230. The first kappa shape index (κ1) is 36.2. The number of aliphatic hydroxyl groups is 1. The summed E-state index contributed by atoms with van der Waals surface area (Å²) in [5.41, 5.74) is 0.845. The van der Waals surface area contributed by atoms with Gasteiger partial charge in [0, 0.05) is 21.4 Å². The summed E-state index contributed by atoms with van der Waals surface area (Å²) >= 11 is 0. The van der Waals surface area contributed by atoms with Gasteiger partial charge in [0.15, 0.2) is 0 Å². The molecular weight excluding hydrogens is 598 g/mol. The van der Waals surface area contributed by atoms with E-state index in [2.05, 4.69) is 18.4 Å². The van der Waals surface area contributed by atoms with Crippen LogP contribution < -0.4 is 5.32 Å². The first-order chi connectivity index (χ1) is 21.2. The topological polar surface area (TPSA) is 116 Å². The summed E-state index contributed by atoms with van der Waals surface area (Å²) in [6.45, 7) is 9.55. The third-order valence-electron chi connectivity index (χ3n) is 8.75. The lowest BCUT2D eigenvalue weighted by atomic mass is 9.72. The summed E-state index contributed by atoms with van der Waals surface area (Å²) in [5, 5.41) is 22.3. The van der Waals surface area contributed by atoms with E-state index in [-0.39, 0.29) is 37.3 Å². The zero-order valence-corrected chi connectivity index (χ0v) is 28.1. The third-order valence-corrected chi connectivity index (χ3v) is 10.1. The number of carbonyl (C=O) groups is 3. The number of alkyl carbamates (subject to hydrolysis) is 1. The van der Waals surface area contributed by atoms with Gasteiger partial charge in [0.1, 0.15) is 24.3 Å². The van der Waals surface area contributed by atoms with Crippen molar-refractivity contribution in [2.75, 3.05) is 19.8 Å². The molecule has 0 aliphatic heterocycles. The largest absolute Gasteiger partial charge is 0.480 e. The minimum Gasteiger partial charge on any atom is -0.480 e. The zero-order valence-electron chi connectivity index (χ0n) is 27.0. The number of hydrogen-bond donors (Lipinski definition) is 3. The van der Waals surface area contributed by atoms with Gasteiger partial charge >= 0.3 is 12.1 Å². The highest BCUT2D eigenvalue weighted by molar-refractivity contribution is 6.55. The minimum atomic E-state index is -1.32. The fourth-order valence-electron chi connectivity index (χ4n) is 6.72. The van der Waals surface area contributed by atoms with Crippen LogP contribution in [0.1, 0.15) is 57.1 Å². The Hall–Kier alpha value is -3.31. The van der Waals surface area contributed by atoms with E-state index in [1.165, 1.54) is 11.0 Å². The molecule has 0 bridgehead atoms. The highest BCUT2D eigenvalue weighted by Crippen LogP contribution is 2.50. The van der Waals surface area contributed by atoms with Crippen molar-refractivity contribution in [1.82, 2.24) is 10.2 Å². The molecule has 11 heteroatoms. The number of carboxylic acids is 1. The first-order valence-corrected chi connectivity index (χ1v) is 18.9. The Morgan fingerprint density at radius 2 is 1.78 bits per heavy atom. The standard InChI is InChI=1S/C34H48F2N2O6Si/c1-34(2,3)31(38(30(40)21-39)14-13-29(32(41)42)37-33(43)44-15-16-45(4)5)27-19-24(26-20-25(35)11-12-28(26)36)18-23(27)17-22-9-7-6-8-10-22/h6-12,20,23-24,27,29,31,39,45H,13-19,21H2,1-5H3,(H,37,43)(H,41,42)/t23?,24?,27?,29-,31-/m0/s1. The van der Waals surface area contributed by atoms with Gasteiger partial charge in [-0.3, -0.25) is 4.79 Å². The number of rotatable bonds is 14. The number of hydrogen-bond acceptors (Lipinski definition) is 5. The Morgan fingerprint density at radius 3 is 2.38 bits per heavy atom. The van der Waals surface area contributed by atoms with Crippen LogP contribution in [-0.4, -0.2) is 73.7 Å². The summed E-state index contributed by atoms with van der Waals surface area (Å²) in [5.74, 6) is -3.33. The molecule has 0 heterocycles. The number of aliphatic carboxylic acids is 1. The molecular formula is C34H48F2N2O6Si. The SMILES string of the molecule is C[SiH](C)CCOC(=O)N[C@@H](CCN(C(=O)CO)[C@@H](C1CC(c2cc(F)ccc2F)CC1Cc1ccccc1)C(C)(C)C)C(=O)O. The average molecular weight is 647 g/mol. The lowest BCUT2D eigenvalue weighted by molar-refractivity contribution is -0.144. The summed E-state index contributed by atoms with van der Waals surface area (Å²) in [4.78, 5) is 39.4. The average Bonchev–Trinajstić information content (AvgIpc) is 3.37. The van der Waals surface area contributed by atoms with E-state index >= 15 is 4.39 Å². The molecule has 2 amide bonds. The number of amides is 2. The molecule has 2 aromatic carbocycles. The molecule has 2 aromatic rings. The highest BCUT2D eigenvalue weighted by Gasteiger charge is 2.47. The fraction of sp³-hybridized carbons (Fsp3) is 0.559. The molecule has 0 radical (unpaired) electrons. The van der Waals surface area contributed by atoms with Crippen LogP contribution in [0.2, 0.25) is 19.1 Å². The molecule has 5 atom stereocenters.